The number of benzene rings is 1. The molecule has 4 nitrogen and oxygen atoms in total. The van der Waals surface area contributed by atoms with Crippen molar-refractivity contribution in [3.63, 3.8) is 0 Å². The van der Waals surface area contributed by atoms with E-state index in [0.717, 1.165) is 23.2 Å². The van der Waals surface area contributed by atoms with E-state index >= 15 is 0 Å². The number of nitrogens with one attached hydrogen (secondary N) is 2. The summed E-state index contributed by atoms with van der Waals surface area (Å²) in [5.41, 5.74) is 0.942. The molecule has 92 valence electrons. The zero-order valence-corrected chi connectivity index (χ0v) is 11.5. The Bertz CT molecular complexity index is 427. The molecule has 2 N–H and O–H groups in total. The lowest BCUT2D eigenvalue weighted by Crippen LogP contribution is -2.32. The highest BCUT2D eigenvalue weighted by molar-refractivity contribution is 9.10. The molecule has 1 heterocycles. The minimum absolute atomic E-state index is 0.0111. The van der Waals surface area contributed by atoms with Gasteiger partial charge >= 0.3 is 6.03 Å². The van der Waals surface area contributed by atoms with Crippen LogP contribution in [0.1, 0.15) is 0 Å². The molecule has 1 saturated heterocycles. The zero-order valence-electron chi connectivity index (χ0n) is 9.17. The summed E-state index contributed by atoms with van der Waals surface area (Å²) in [6.45, 7) is 2.90. The van der Waals surface area contributed by atoms with Crippen LogP contribution >= 0.6 is 27.5 Å². The standard InChI is InChI=1S/C11H13BrClN3O/c12-9-2-1-8(13)7-10(9)14-3-5-16-6-4-15-11(16)17/h1-2,7,14H,3-6H2,(H,15,17). The number of urea groups is 1. The van der Waals surface area contributed by atoms with Crippen molar-refractivity contribution in [3.8, 4) is 0 Å². The Morgan fingerprint density at radius 3 is 3.06 bits per heavy atom. The maximum Gasteiger partial charge on any atom is 0.317 e. The van der Waals surface area contributed by atoms with Crippen LogP contribution in [0.2, 0.25) is 5.02 Å². The van der Waals surface area contributed by atoms with E-state index in [1.807, 2.05) is 18.2 Å². The van der Waals surface area contributed by atoms with Crippen LogP contribution in [0.3, 0.4) is 0 Å². The summed E-state index contributed by atoms with van der Waals surface area (Å²) >= 11 is 9.35. The largest absolute Gasteiger partial charge is 0.382 e. The zero-order chi connectivity index (χ0) is 12.3. The number of rotatable bonds is 4. The van der Waals surface area contributed by atoms with Crippen LogP contribution in [0, 0.1) is 0 Å². The summed E-state index contributed by atoms with van der Waals surface area (Å²) < 4.78 is 0.966. The Hall–Kier alpha value is -0.940. The maximum atomic E-state index is 11.3. The second-order valence-corrected chi connectivity index (χ2v) is 5.06. The average Bonchev–Trinajstić information content (AvgIpc) is 2.70. The summed E-state index contributed by atoms with van der Waals surface area (Å²) in [6, 6.07) is 5.59. The number of hydrogen-bond acceptors (Lipinski definition) is 2. The highest BCUT2D eigenvalue weighted by Gasteiger charge is 2.18. The van der Waals surface area contributed by atoms with Gasteiger partial charge in [0.25, 0.3) is 0 Å². The van der Waals surface area contributed by atoms with Gasteiger partial charge in [-0.25, -0.2) is 4.79 Å². The van der Waals surface area contributed by atoms with E-state index < -0.39 is 0 Å². The van der Waals surface area contributed by atoms with Crippen molar-refractivity contribution in [2.45, 2.75) is 0 Å². The molecule has 2 amide bonds. The second kappa shape index (κ2) is 5.60. The molecule has 6 heteroatoms. The van der Waals surface area contributed by atoms with Gasteiger partial charge in [0, 0.05) is 41.4 Å². The molecule has 0 aromatic heterocycles. The number of hydrogen-bond donors (Lipinski definition) is 2. The molecule has 0 unspecified atom stereocenters. The Labute approximate surface area is 113 Å². The fourth-order valence-electron chi connectivity index (χ4n) is 1.68. The minimum atomic E-state index is 0.0111. The Kier molecular flexibility index (Phi) is 4.12. The smallest absolute Gasteiger partial charge is 0.317 e. The van der Waals surface area contributed by atoms with Crippen molar-refractivity contribution in [1.82, 2.24) is 10.2 Å². The van der Waals surface area contributed by atoms with Gasteiger partial charge in [0.1, 0.15) is 0 Å². The first-order chi connectivity index (χ1) is 8.16. The number of amides is 2. The van der Waals surface area contributed by atoms with Gasteiger partial charge in [0.2, 0.25) is 0 Å². The van der Waals surface area contributed by atoms with Crippen LogP contribution in [0.5, 0.6) is 0 Å². The molecule has 17 heavy (non-hydrogen) atoms. The first-order valence-electron chi connectivity index (χ1n) is 5.38. The third-order valence-corrected chi connectivity index (χ3v) is 3.50. The van der Waals surface area contributed by atoms with Crippen molar-refractivity contribution < 1.29 is 4.79 Å². The molecule has 1 fully saturated rings. The predicted molar refractivity (Wildman–Crippen MR) is 72.6 cm³/mol. The highest BCUT2D eigenvalue weighted by Crippen LogP contribution is 2.25. The fraction of sp³-hybridized carbons (Fsp3) is 0.364. The predicted octanol–water partition coefficient (Wildman–Crippen LogP) is 2.54. The summed E-state index contributed by atoms with van der Waals surface area (Å²) in [7, 11) is 0. The van der Waals surface area contributed by atoms with Gasteiger partial charge in [-0.1, -0.05) is 11.6 Å². The Balaban J connectivity index is 1.85. The first kappa shape index (κ1) is 12.5. The molecule has 1 aromatic rings. The monoisotopic (exact) mass is 317 g/mol. The molecule has 1 aliphatic rings. The van der Waals surface area contributed by atoms with Crippen molar-refractivity contribution in [3.05, 3.63) is 27.7 Å². The molecule has 1 aliphatic heterocycles. The Morgan fingerprint density at radius 2 is 2.35 bits per heavy atom. The fourth-order valence-corrected chi connectivity index (χ4v) is 2.24. The molecule has 1 aromatic carbocycles. The number of carbonyl (C=O) groups is 1. The van der Waals surface area contributed by atoms with Crippen LogP contribution in [-0.2, 0) is 0 Å². The van der Waals surface area contributed by atoms with E-state index in [4.69, 9.17) is 11.6 Å². The van der Waals surface area contributed by atoms with Crippen LogP contribution in [0.25, 0.3) is 0 Å². The van der Waals surface area contributed by atoms with Gasteiger partial charge in [-0.2, -0.15) is 0 Å². The summed E-state index contributed by atoms with van der Waals surface area (Å²) in [6.07, 6.45) is 0. The number of carbonyl (C=O) groups excluding carboxylic acids is 1. The van der Waals surface area contributed by atoms with E-state index in [1.54, 1.807) is 4.90 Å². The Morgan fingerprint density at radius 1 is 1.53 bits per heavy atom. The summed E-state index contributed by atoms with van der Waals surface area (Å²) in [5.74, 6) is 0. The van der Waals surface area contributed by atoms with E-state index in [1.165, 1.54) is 0 Å². The molecular formula is C11H13BrClN3O. The minimum Gasteiger partial charge on any atom is -0.382 e. The van der Waals surface area contributed by atoms with Gasteiger partial charge in [-0.05, 0) is 34.1 Å². The lowest BCUT2D eigenvalue weighted by molar-refractivity contribution is 0.219. The molecule has 0 aliphatic carbocycles. The topological polar surface area (TPSA) is 44.4 Å². The normalized spacial score (nSPS) is 14.9. The lowest BCUT2D eigenvalue weighted by atomic mass is 10.3. The maximum absolute atomic E-state index is 11.3. The van der Waals surface area contributed by atoms with Crippen LogP contribution in [-0.4, -0.2) is 37.1 Å². The molecule has 0 atom stereocenters. The molecule has 0 radical (unpaired) electrons. The molecule has 0 bridgehead atoms. The first-order valence-corrected chi connectivity index (χ1v) is 6.55. The summed E-state index contributed by atoms with van der Waals surface area (Å²) in [5, 5.41) is 6.71. The van der Waals surface area contributed by atoms with E-state index in [-0.39, 0.29) is 6.03 Å². The number of halogens is 2. The SMILES string of the molecule is O=C1NCCN1CCNc1cc(Cl)ccc1Br. The van der Waals surface area contributed by atoms with Gasteiger partial charge in [0.15, 0.2) is 0 Å². The quantitative estimate of drug-likeness (QED) is 0.896. The molecule has 2 rings (SSSR count). The highest BCUT2D eigenvalue weighted by atomic mass is 79.9. The molecule has 0 spiro atoms. The number of nitrogens with zero attached hydrogens (tertiary/aromatic N) is 1. The van der Waals surface area contributed by atoms with Crippen molar-refractivity contribution in [1.29, 1.82) is 0 Å². The summed E-state index contributed by atoms with van der Waals surface area (Å²) in [4.78, 5) is 13.1. The number of anilines is 1. The van der Waals surface area contributed by atoms with Gasteiger partial charge in [-0.3, -0.25) is 0 Å². The molecule has 0 saturated carbocycles. The lowest BCUT2D eigenvalue weighted by Gasteiger charge is -2.15. The van der Waals surface area contributed by atoms with Crippen molar-refractivity contribution >= 4 is 39.2 Å². The van der Waals surface area contributed by atoms with E-state index in [2.05, 4.69) is 26.6 Å². The third kappa shape index (κ3) is 3.26. The van der Waals surface area contributed by atoms with Crippen LogP contribution in [0.4, 0.5) is 10.5 Å². The van der Waals surface area contributed by atoms with Crippen molar-refractivity contribution in [2.75, 3.05) is 31.5 Å². The average molecular weight is 319 g/mol. The van der Waals surface area contributed by atoms with Crippen molar-refractivity contribution in [2.24, 2.45) is 0 Å². The van der Waals surface area contributed by atoms with Gasteiger partial charge < -0.3 is 15.5 Å². The van der Waals surface area contributed by atoms with Crippen LogP contribution in [0.15, 0.2) is 22.7 Å². The van der Waals surface area contributed by atoms with E-state index in [9.17, 15) is 4.79 Å². The van der Waals surface area contributed by atoms with Gasteiger partial charge in [0.05, 0.1) is 0 Å². The van der Waals surface area contributed by atoms with Gasteiger partial charge in [-0.15, -0.1) is 0 Å². The van der Waals surface area contributed by atoms with Crippen LogP contribution < -0.4 is 10.6 Å². The van der Waals surface area contributed by atoms with E-state index in [0.29, 0.717) is 18.1 Å². The molecular weight excluding hydrogens is 305 g/mol. The second-order valence-electron chi connectivity index (χ2n) is 3.77. The third-order valence-electron chi connectivity index (χ3n) is 2.57.